The fraction of sp³-hybridized carbons (Fsp3) is 0.385. The molecule has 0 aromatic heterocycles. The fourth-order valence-electron chi connectivity index (χ4n) is 1.43. The van der Waals surface area contributed by atoms with E-state index in [0.717, 1.165) is 6.42 Å². The van der Waals surface area contributed by atoms with Gasteiger partial charge in [-0.15, -0.1) is 0 Å². The number of carboxylic acids is 1. The number of amides is 1. The third kappa shape index (κ3) is 5.40. The summed E-state index contributed by atoms with van der Waals surface area (Å²) in [5.41, 5.74) is 0.341. The van der Waals surface area contributed by atoms with Crippen LogP contribution >= 0.6 is 15.9 Å². The molecule has 1 aromatic carbocycles. The molecule has 104 valence electrons. The van der Waals surface area contributed by atoms with E-state index < -0.39 is 5.97 Å². The topological polar surface area (TPSA) is 75.6 Å². The summed E-state index contributed by atoms with van der Waals surface area (Å²) in [7, 11) is 0. The summed E-state index contributed by atoms with van der Waals surface area (Å²) in [6.45, 7) is 2.94. The lowest BCUT2D eigenvalue weighted by molar-refractivity contribution is -0.117. The van der Waals surface area contributed by atoms with Gasteiger partial charge in [0.05, 0.1) is 24.3 Å². The molecule has 0 aliphatic heterocycles. The molecule has 1 aromatic rings. The maximum absolute atomic E-state index is 11.6. The Morgan fingerprint density at radius 2 is 2.11 bits per heavy atom. The molecule has 5 nitrogen and oxygen atoms in total. The second-order valence-corrected chi connectivity index (χ2v) is 4.82. The van der Waals surface area contributed by atoms with Gasteiger partial charge in [-0.1, -0.05) is 22.9 Å². The largest absolute Gasteiger partial charge is 0.478 e. The highest BCUT2D eigenvalue weighted by Gasteiger charge is 2.12. The number of anilines is 1. The van der Waals surface area contributed by atoms with E-state index in [1.54, 1.807) is 12.1 Å². The van der Waals surface area contributed by atoms with Gasteiger partial charge in [0.15, 0.2) is 0 Å². The molecule has 0 atom stereocenters. The summed E-state index contributed by atoms with van der Waals surface area (Å²) in [6, 6.07) is 4.68. The number of hydrogen-bond donors (Lipinski definition) is 2. The van der Waals surface area contributed by atoms with E-state index in [-0.39, 0.29) is 23.6 Å². The third-order valence-electron chi connectivity index (χ3n) is 2.31. The minimum Gasteiger partial charge on any atom is -0.478 e. The van der Waals surface area contributed by atoms with Gasteiger partial charge in [-0.25, -0.2) is 4.79 Å². The maximum atomic E-state index is 11.6. The number of halogens is 1. The average Bonchev–Trinajstić information content (AvgIpc) is 2.36. The summed E-state index contributed by atoms with van der Waals surface area (Å²) >= 11 is 3.19. The number of carboxylic acid groups (broad SMARTS) is 1. The SMILES string of the molecule is CCCOCCC(=O)Nc1ccc(Br)cc1C(=O)O. The van der Waals surface area contributed by atoms with Crippen LogP contribution in [0.5, 0.6) is 0 Å². The smallest absolute Gasteiger partial charge is 0.337 e. The number of nitrogens with one attached hydrogen (secondary N) is 1. The Morgan fingerprint density at radius 3 is 2.74 bits per heavy atom. The van der Waals surface area contributed by atoms with Gasteiger partial charge in [0.2, 0.25) is 5.91 Å². The van der Waals surface area contributed by atoms with Gasteiger partial charge in [-0.3, -0.25) is 4.79 Å². The van der Waals surface area contributed by atoms with Gasteiger partial charge < -0.3 is 15.2 Å². The highest BCUT2D eigenvalue weighted by atomic mass is 79.9. The lowest BCUT2D eigenvalue weighted by Crippen LogP contribution is -2.16. The number of aromatic carboxylic acids is 1. The van der Waals surface area contributed by atoms with Crippen molar-refractivity contribution in [3.05, 3.63) is 28.2 Å². The summed E-state index contributed by atoms with van der Waals surface area (Å²) in [5, 5.41) is 11.6. The van der Waals surface area contributed by atoms with E-state index in [0.29, 0.717) is 17.7 Å². The average molecular weight is 330 g/mol. The van der Waals surface area contributed by atoms with Crippen LogP contribution in [0.15, 0.2) is 22.7 Å². The molecule has 0 heterocycles. The first-order valence-corrected chi connectivity index (χ1v) is 6.74. The molecule has 0 aliphatic carbocycles. The van der Waals surface area contributed by atoms with Crippen LogP contribution in [-0.2, 0) is 9.53 Å². The van der Waals surface area contributed by atoms with Crippen LogP contribution in [0.2, 0.25) is 0 Å². The van der Waals surface area contributed by atoms with Gasteiger partial charge in [0.25, 0.3) is 0 Å². The standard InChI is InChI=1S/C13H16BrNO4/c1-2-6-19-7-5-12(16)15-11-4-3-9(14)8-10(11)13(17)18/h3-4,8H,2,5-7H2,1H3,(H,15,16)(H,17,18). The molecular weight excluding hydrogens is 314 g/mol. The first kappa shape index (κ1) is 15.7. The molecule has 6 heteroatoms. The first-order chi connectivity index (χ1) is 9.04. The molecule has 19 heavy (non-hydrogen) atoms. The van der Waals surface area contributed by atoms with Crippen LogP contribution in [0, 0.1) is 0 Å². The molecule has 0 unspecified atom stereocenters. The molecule has 0 radical (unpaired) electrons. The molecule has 0 spiro atoms. The highest BCUT2D eigenvalue weighted by molar-refractivity contribution is 9.10. The second kappa shape index (κ2) is 7.91. The van der Waals surface area contributed by atoms with Gasteiger partial charge in [-0.2, -0.15) is 0 Å². The van der Waals surface area contributed by atoms with E-state index >= 15 is 0 Å². The number of carbonyl (C=O) groups is 2. The molecule has 0 fully saturated rings. The van der Waals surface area contributed by atoms with Crippen molar-refractivity contribution >= 4 is 33.5 Å². The van der Waals surface area contributed by atoms with Crippen molar-refractivity contribution < 1.29 is 19.4 Å². The van der Waals surface area contributed by atoms with Crippen molar-refractivity contribution in [3.8, 4) is 0 Å². The Kier molecular flexibility index (Phi) is 6.52. The van der Waals surface area contributed by atoms with Gasteiger partial charge in [-0.05, 0) is 24.6 Å². The van der Waals surface area contributed by atoms with Crippen LogP contribution in [0.4, 0.5) is 5.69 Å². The zero-order valence-corrected chi connectivity index (χ0v) is 12.2. The Labute approximate surface area is 120 Å². The van der Waals surface area contributed by atoms with E-state index in [1.807, 2.05) is 6.92 Å². The number of rotatable bonds is 7. The summed E-state index contributed by atoms with van der Waals surface area (Å²) in [6.07, 6.45) is 1.10. The van der Waals surface area contributed by atoms with Crippen molar-refractivity contribution in [1.29, 1.82) is 0 Å². The fourth-order valence-corrected chi connectivity index (χ4v) is 1.79. The Balaban J connectivity index is 2.61. The Hall–Kier alpha value is -1.40. The van der Waals surface area contributed by atoms with Crippen molar-refractivity contribution in [2.24, 2.45) is 0 Å². The molecule has 1 rings (SSSR count). The number of benzene rings is 1. The predicted molar refractivity (Wildman–Crippen MR) is 75.5 cm³/mol. The van der Waals surface area contributed by atoms with Crippen LogP contribution < -0.4 is 5.32 Å². The molecule has 1 amide bonds. The molecule has 0 saturated carbocycles. The summed E-state index contributed by atoms with van der Waals surface area (Å²) in [5.74, 6) is -1.35. The monoisotopic (exact) mass is 329 g/mol. The highest BCUT2D eigenvalue weighted by Crippen LogP contribution is 2.21. The molecule has 2 N–H and O–H groups in total. The second-order valence-electron chi connectivity index (χ2n) is 3.91. The lowest BCUT2D eigenvalue weighted by Gasteiger charge is -2.09. The lowest BCUT2D eigenvalue weighted by atomic mass is 10.2. The quantitative estimate of drug-likeness (QED) is 0.754. The van der Waals surface area contributed by atoms with E-state index in [2.05, 4.69) is 21.2 Å². The van der Waals surface area contributed by atoms with E-state index in [9.17, 15) is 9.59 Å². The van der Waals surface area contributed by atoms with Crippen LogP contribution in [0.3, 0.4) is 0 Å². The third-order valence-corrected chi connectivity index (χ3v) is 2.80. The van der Waals surface area contributed by atoms with Crippen molar-refractivity contribution in [2.45, 2.75) is 19.8 Å². The summed E-state index contributed by atoms with van der Waals surface area (Å²) < 4.78 is 5.85. The zero-order chi connectivity index (χ0) is 14.3. The van der Waals surface area contributed by atoms with Crippen molar-refractivity contribution in [3.63, 3.8) is 0 Å². The van der Waals surface area contributed by atoms with Gasteiger partial charge in [0, 0.05) is 11.1 Å². The van der Waals surface area contributed by atoms with E-state index in [1.165, 1.54) is 6.07 Å². The Morgan fingerprint density at radius 1 is 1.37 bits per heavy atom. The molecule has 0 saturated heterocycles. The van der Waals surface area contributed by atoms with Crippen molar-refractivity contribution in [2.75, 3.05) is 18.5 Å². The first-order valence-electron chi connectivity index (χ1n) is 5.95. The predicted octanol–water partition coefficient (Wildman–Crippen LogP) is 2.90. The number of hydrogen-bond acceptors (Lipinski definition) is 3. The van der Waals surface area contributed by atoms with Crippen molar-refractivity contribution in [1.82, 2.24) is 0 Å². The Bertz CT molecular complexity index is 462. The number of carbonyl (C=O) groups excluding carboxylic acids is 1. The van der Waals surface area contributed by atoms with E-state index in [4.69, 9.17) is 9.84 Å². The summed E-state index contributed by atoms with van der Waals surface area (Å²) in [4.78, 5) is 22.7. The molecule has 0 bridgehead atoms. The van der Waals surface area contributed by atoms with Crippen LogP contribution in [0.25, 0.3) is 0 Å². The van der Waals surface area contributed by atoms with Crippen LogP contribution in [0.1, 0.15) is 30.1 Å². The number of ether oxygens (including phenoxy) is 1. The molecular formula is C13H16BrNO4. The van der Waals surface area contributed by atoms with Crippen LogP contribution in [-0.4, -0.2) is 30.2 Å². The maximum Gasteiger partial charge on any atom is 0.337 e. The minimum atomic E-state index is -1.08. The minimum absolute atomic E-state index is 0.0530. The normalized spacial score (nSPS) is 10.2. The zero-order valence-electron chi connectivity index (χ0n) is 10.6. The van der Waals surface area contributed by atoms with Gasteiger partial charge in [0.1, 0.15) is 0 Å². The van der Waals surface area contributed by atoms with Gasteiger partial charge >= 0.3 is 5.97 Å². The molecule has 0 aliphatic rings.